The Labute approximate surface area is 97.6 Å². The first kappa shape index (κ1) is 12.6. The number of hydrogen-bond donors (Lipinski definition) is 1. The third-order valence-corrected chi connectivity index (χ3v) is 2.53. The molecule has 1 aliphatic heterocycles. The lowest BCUT2D eigenvalue weighted by Gasteiger charge is -2.23. The molecule has 88 valence electrons. The van der Waals surface area contributed by atoms with Crippen LogP contribution in [0, 0.1) is 5.41 Å². The fourth-order valence-electron chi connectivity index (χ4n) is 1.62. The summed E-state index contributed by atoms with van der Waals surface area (Å²) in [5.74, 6) is 1.67. The van der Waals surface area contributed by atoms with E-state index in [0.29, 0.717) is 0 Å². The Morgan fingerprint density at radius 2 is 2.12 bits per heavy atom. The maximum absolute atomic E-state index is 5.32. The van der Waals surface area contributed by atoms with Gasteiger partial charge in [-0.1, -0.05) is 27.4 Å². The second-order valence-corrected chi connectivity index (χ2v) is 4.75. The maximum atomic E-state index is 5.32. The van der Waals surface area contributed by atoms with Gasteiger partial charge in [0.05, 0.1) is 12.7 Å². The molecule has 0 spiro atoms. The summed E-state index contributed by atoms with van der Waals surface area (Å²) in [6.45, 7) is 12.1. The Kier molecular flexibility index (Phi) is 3.58. The average Bonchev–Trinajstić information content (AvgIpc) is 2.60. The fourth-order valence-corrected chi connectivity index (χ4v) is 1.62. The van der Waals surface area contributed by atoms with Crippen molar-refractivity contribution in [3.8, 4) is 0 Å². The molecule has 0 radical (unpaired) electrons. The summed E-state index contributed by atoms with van der Waals surface area (Å²) in [6, 6.07) is 0. The van der Waals surface area contributed by atoms with E-state index in [-0.39, 0.29) is 5.41 Å². The second-order valence-electron chi connectivity index (χ2n) is 4.75. The normalized spacial score (nSPS) is 18.8. The third kappa shape index (κ3) is 2.35. The SMILES string of the molecule is C=CNC1=NC=C(C(C)(C)C)/C1=C(/C)OC. The molecule has 3 heteroatoms. The predicted octanol–water partition coefficient (Wildman–Crippen LogP) is 2.98. The zero-order valence-corrected chi connectivity index (χ0v) is 10.7. The van der Waals surface area contributed by atoms with E-state index in [1.807, 2.05) is 13.1 Å². The highest BCUT2D eigenvalue weighted by molar-refractivity contribution is 6.05. The Morgan fingerprint density at radius 3 is 2.56 bits per heavy atom. The van der Waals surface area contributed by atoms with Gasteiger partial charge < -0.3 is 10.1 Å². The molecule has 3 nitrogen and oxygen atoms in total. The Hall–Kier alpha value is -1.51. The number of aliphatic imine (C=N–C) groups is 1. The number of amidine groups is 1. The highest BCUT2D eigenvalue weighted by Crippen LogP contribution is 2.36. The van der Waals surface area contributed by atoms with Crippen LogP contribution in [0.3, 0.4) is 0 Å². The molecule has 0 aromatic carbocycles. The Morgan fingerprint density at radius 1 is 1.50 bits per heavy atom. The molecule has 1 aliphatic rings. The van der Waals surface area contributed by atoms with Crippen molar-refractivity contribution in [3.05, 3.63) is 35.9 Å². The lowest BCUT2D eigenvalue weighted by molar-refractivity contribution is 0.290. The van der Waals surface area contributed by atoms with E-state index < -0.39 is 0 Å². The van der Waals surface area contributed by atoms with Gasteiger partial charge in [-0.3, -0.25) is 0 Å². The highest BCUT2D eigenvalue weighted by atomic mass is 16.5. The van der Waals surface area contributed by atoms with Crippen LogP contribution >= 0.6 is 0 Å². The van der Waals surface area contributed by atoms with Crippen LogP contribution in [0.4, 0.5) is 0 Å². The minimum atomic E-state index is 0.0449. The van der Waals surface area contributed by atoms with Crippen LogP contribution in [0.5, 0.6) is 0 Å². The molecule has 0 saturated heterocycles. The molecule has 1 heterocycles. The van der Waals surface area contributed by atoms with Gasteiger partial charge in [0.1, 0.15) is 11.6 Å². The van der Waals surface area contributed by atoms with Gasteiger partial charge in [-0.25, -0.2) is 4.99 Å². The number of hydrogen-bond acceptors (Lipinski definition) is 3. The number of nitrogens with zero attached hydrogens (tertiary/aromatic N) is 1. The molecule has 0 unspecified atom stereocenters. The van der Waals surface area contributed by atoms with E-state index in [1.54, 1.807) is 13.3 Å². The van der Waals surface area contributed by atoms with Gasteiger partial charge in [0, 0.05) is 6.20 Å². The van der Waals surface area contributed by atoms with E-state index in [0.717, 1.165) is 17.2 Å². The predicted molar refractivity (Wildman–Crippen MR) is 68.0 cm³/mol. The molecule has 0 amide bonds. The van der Waals surface area contributed by atoms with E-state index in [4.69, 9.17) is 4.74 Å². The quantitative estimate of drug-likeness (QED) is 0.726. The smallest absolute Gasteiger partial charge is 0.140 e. The summed E-state index contributed by atoms with van der Waals surface area (Å²) in [4.78, 5) is 4.36. The summed E-state index contributed by atoms with van der Waals surface area (Å²) < 4.78 is 5.32. The van der Waals surface area contributed by atoms with E-state index in [9.17, 15) is 0 Å². The largest absolute Gasteiger partial charge is 0.501 e. The molecule has 0 atom stereocenters. The summed E-state index contributed by atoms with van der Waals surface area (Å²) in [7, 11) is 1.67. The standard InChI is InChI=1S/C13H20N2O/c1-7-14-12-11(9(2)16-6)10(8-15-12)13(3,4)5/h7-8H,1H2,2-6H3,(H,14,15)/b11-9+. The van der Waals surface area contributed by atoms with Crippen molar-refractivity contribution >= 4 is 5.84 Å². The van der Waals surface area contributed by atoms with Crippen LogP contribution in [-0.4, -0.2) is 12.9 Å². The van der Waals surface area contributed by atoms with Gasteiger partial charge in [0.15, 0.2) is 0 Å². The number of ether oxygens (including phenoxy) is 1. The van der Waals surface area contributed by atoms with Crippen LogP contribution in [-0.2, 0) is 4.74 Å². The maximum Gasteiger partial charge on any atom is 0.140 e. The van der Waals surface area contributed by atoms with Gasteiger partial charge in [-0.05, 0) is 24.1 Å². The highest BCUT2D eigenvalue weighted by Gasteiger charge is 2.29. The molecule has 0 aromatic rings. The molecule has 0 bridgehead atoms. The van der Waals surface area contributed by atoms with Crippen LogP contribution in [0.1, 0.15) is 27.7 Å². The van der Waals surface area contributed by atoms with Gasteiger partial charge in [0.2, 0.25) is 0 Å². The molecule has 0 aromatic heterocycles. The van der Waals surface area contributed by atoms with Crippen molar-refractivity contribution in [2.45, 2.75) is 27.7 Å². The zero-order chi connectivity index (χ0) is 12.3. The second kappa shape index (κ2) is 4.56. The first-order chi connectivity index (χ1) is 7.41. The van der Waals surface area contributed by atoms with Crippen LogP contribution < -0.4 is 5.32 Å². The van der Waals surface area contributed by atoms with Gasteiger partial charge in [-0.15, -0.1) is 0 Å². The lowest BCUT2D eigenvalue weighted by Crippen LogP contribution is -2.23. The molecule has 0 fully saturated rings. The van der Waals surface area contributed by atoms with Crippen molar-refractivity contribution in [1.29, 1.82) is 0 Å². The minimum absolute atomic E-state index is 0.0449. The topological polar surface area (TPSA) is 33.6 Å². The molecular weight excluding hydrogens is 200 g/mol. The van der Waals surface area contributed by atoms with Crippen molar-refractivity contribution in [1.82, 2.24) is 5.32 Å². The number of methoxy groups -OCH3 is 1. The fraction of sp³-hybridized carbons (Fsp3) is 0.462. The van der Waals surface area contributed by atoms with Crippen LogP contribution in [0.25, 0.3) is 0 Å². The van der Waals surface area contributed by atoms with Crippen LogP contribution in [0.15, 0.2) is 40.9 Å². The monoisotopic (exact) mass is 220 g/mol. The van der Waals surface area contributed by atoms with Gasteiger partial charge >= 0.3 is 0 Å². The number of nitrogens with one attached hydrogen (secondary N) is 1. The van der Waals surface area contributed by atoms with E-state index >= 15 is 0 Å². The van der Waals surface area contributed by atoms with E-state index in [2.05, 4.69) is 37.7 Å². The summed E-state index contributed by atoms with van der Waals surface area (Å²) in [5, 5.41) is 3.04. The zero-order valence-electron chi connectivity index (χ0n) is 10.7. The summed E-state index contributed by atoms with van der Waals surface area (Å²) in [5.41, 5.74) is 2.26. The first-order valence-corrected chi connectivity index (χ1v) is 5.33. The van der Waals surface area contributed by atoms with Gasteiger partial charge in [-0.2, -0.15) is 0 Å². The molecule has 0 saturated carbocycles. The van der Waals surface area contributed by atoms with Crippen molar-refractivity contribution in [2.24, 2.45) is 10.4 Å². The Bertz CT molecular complexity index is 381. The first-order valence-electron chi connectivity index (χ1n) is 5.33. The van der Waals surface area contributed by atoms with Crippen molar-refractivity contribution < 1.29 is 4.74 Å². The third-order valence-electron chi connectivity index (χ3n) is 2.53. The Balaban J connectivity index is 3.16. The molecule has 1 N–H and O–H groups in total. The summed E-state index contributed by atoms with van der Waals surface area (Å²) in [6.07, 6.45) is 3.52. The lowest BCUT2D eigenvalue weighted by atomic mass is 9.82. The number of allylic oxidation sites excluding steroid dienone is 1. The molecular formula is C13H20N2O. The molecule has 0 aliphatic carbocycles. The molecule has 16 heavy (non-hydrogen) atoms. The number of rotatable bonds is 2. The average molecular weight is 220 g/mol. The van der Waals surface area contributed by atoms with Crippen molar-refractivity contribution in [2.75, 3.05) is 7.11 Å². The van der Waals surface area contributed by atoms with Crippen molar-refractivity contribution in [3.63, 3.8) is 0 Å². The van der Waals surface area contributed by atoms with Gasteiger partial charge in [0.25, 0.3) is 0 Å². The van der Waals surface area contributed by atoms with E-state index in [1.165, 1.54) is 5.57 Å². The summed E-state index contributed by atoms with van der Waals surface area (Å²) >= 11 is 0. The van der Waals surface area contributed by atoms with Crippen LogP contribution in [0.2, 0.25) is 0 Å². The molecule has 1 rings (SSSR count). The minimum Gasteiger partial charge on any atom is -0.501 e.